The van der Waals surface area contributed by atoms with Crippen LogP contribution in [0.1, 0.15) is 33.6 Å². The number of hydrogen-bond acceptors (Lipinski definition) is 3. The Morgan fingerprint density at radius 1 is 1.47 bits per heavy atom. The van der Waals surface area contributed by atoms with Crippen molar-refractivity contribution in [3.8, 4) is 0 Å². The van der Waals surface area contributed by atoms with E-state index in [0.717, 1.165) is 26.1 Å². The van der Waals surface area contributed by atoms with Crippen molar-refractivity contribution in [3.05, 3.63) is 0 Å². The van der Waals surface area contributed by atoms with Crippen molar-refractivity contribution in [2.24, 2.45) is 5.41 Å². The Labute approximate surface area is 93.4 Å². The molecular weight excluding hydrogens is 190 g/mol. The van der Waals surface area contributed by atoms with Gasteiger partial charge in [-0.05, 0) is 26.3 Å². The average molecular weight is 215 g/mol. The molecule has 0 spiro atoms. The molecule has 1 aliphatic rings. The first kappa shape index (κ1) is 12.9. The molecule has 0 bridgehead atoms. The minimum atomic E-state index is -0.00795. The van der Waals surface area contributed by atoms with Crippen molar-refractivity contribution in [1.29, 1.82) is 0 Å². The number of aliphatic hydroxyl groups excluding tert-OH is 1. The summed E-state index contributed by atoms with van der Waals surface area (Å²) < 4.78 is 5.55. The molecule has 1 heterocycles. The van der Waals surface area contributed by atoms with E-state index in [1.165, 1.54) is 6.42 Å². The molecule has 3 nitrogen and oxygen atoms in total. The first-order valence-corrected chi connectivity index (χ1v) is 5.79. The van der Waals surface area contributed by atoms with Crippen LogP contribution >= 0.6 is 0 Å². The van der Waals surface area contributed by atoms with E-state index < -0.39 is 0 Å². The summed E-state index contributed by atoms with van der Waals surface area (Å²) in [7, 11) is 1.79. The molecule has 90 valence electrons. The smallest absolute Gasteiger partial charge is 0.0777 e. The third-order valence-corrected chi connectivity index (χ3v) is 3.31. The fourth-order valence-electron chi connectivity index (χ4n) is 2.26. The summed E-state index contributed by atoms with van der Waals surface area (Å²) in [5.74, 6) is 0. The molecule has 1 N–H and O–H groups in total. The Bertz CT molecular complexity index is 204. The third kappa shape index (κ3) is 3.74. The lowest BCUT2D eigenvalue weighted by Gasteiger charge is -2.42. The van der Waals surface area contributed by atoms with Gasteiger partial charge in [0.15, 0.2) is 0 Å². The lowest BCUT2D eigenvalue weighted by Crippen LogP contribution is -2.50. The fourth-order valence-corrected chi connectivity index (χ4v) is 2.26. The van der Waals surface area contributed by atoms with Crippen LogP contribution in [0, 0.1) is 5.41 Å². The van der Waals surface area contributed by atoms with E-state index in [2.05, 4.69) is 25.7 Å². The van der Waals surface area contributed by atoms with E-state index in [0.29, 0.717) is 0 Å². The van der Waals surface area contributed by atoms with Gasteiger partial charge in [-0.3, -0.25) is 4.90 Å². The molecule has 0 aromatic carbocycles. The Hall–Kier alpha value is -0.120. The normalized spacial score (nSPS) is 29.4. The van der Waals surface area contributed by atoms with E-state index in [1.54, 1.807) is 7.11 Å². The SMILES string of the molecule is COC1(C)CCCN(CC(C)(C)CO)C1. The third-order valence-electron chi connectivity index (χ3n) is 3.31. The number of nitrogens with zero attached hydrogens (tertiary/aromatic N) is 1. The highest BCUT2D eigenvalue weighted by Gasteiger charge is 2.32. The van der Waals surface area contributed by atoms with Gasteiger partial charge in [0.05, 0.1) is 5.60 Å². The van der Waals surface area contributed by atoms with E-state index in [1.807, 2.05) is 0 Å². The van der Waals surface area contributed by atoms with E-state index in [9.17, 15) is 5.11 Å². The molecule has 1 fully saturated rings. The van der Waals surface area contributed by atoms with Gasteiger partial charge in [0.25, 0.3) is 0 Å². The lowest BCUT2D eigenvalue weighted by atomic mass is 9.90. The van der Waals surface area contributed by atoms with Crippen molar-refractivity contribution in [2.45, 2.75) is 39.2 Å². The van der Waals surface area contributed by atoms with E-state index in [4.69, 9.17) is 4.74 Å². The fraction of sp³-hybridized carbons (Fsp3) is 1.00. The summed E-state index contributed by atoms with van der Waals surface area (Å²) in [6.07, 6.45) is 2.32. The molecule has 0 aliphatic carbocycles. The molecule has 0 aromatic rings. The molecule has 0 saturated carbocycles. The number of hydrogen-bond donors (Lipinski definition) is 1. The van der Waals surface area contributed by atoms with Crippen LogP contribution in [0.4, 0.5) is 0 Å². The summed E-state index contributed by atoms with van der Waals surface area (Å²) >= 11 is 0. The maximum Gasteiger partial charge on any atom is 0.0777 e. The van der Waals surface area contributed by atoms with Crippen molar-refractivity contribution in [3.63, 3.8) is 0 Å². The van der Waals surface area contributed by atoms with Crippen molar-refractivity contribution in [2.75, 3.05) is 33.4 Å². The lowest BCUT2D eigenvalue weighted by molar-refractivity contribution is -0.0603. The predicted octanol–water partition coefficient (Wildman–Crippen LogP) is 1.51. The standard InChI is InChI=1S/C12H25NO2/c1-11(2,10-14)8-13-7-5-6-12(3,9-13)15-4/h14H,5-10H2,1-4H3. The first-order chi connectivity index (χ1) is 6.91. The Kier molecular flexibility index (Phi) is 4.15. The average Bonchev–Trinajstić information content (AvgIpc) is 2.17. The molecule has 1 aliphatic heterocycles. The maximum absolute atomic E-state index is 9.25. The second kappa shape index (κ2) is 4.81. The molecule has 15 heavy (non-hydrogen) atoms. The highest BCUT2D eigenvalue weighted by atomic mass is 16.5. The van der Waals surface area contributed by atoms with Crippen LogP contribution in [0.5, 0.6) is 0 Å². The monoisotopic (exact) mass is 215 g/mol. The van der Waals surface area contributed by atoms with Crippen LogP contribution in [0.2, 0.25) is 0 Å². The molecule has 0 radical (unpaired) electrons. The van der Waals surface area contributed by atoms with E-state index >= 15 is 0 Å². The van der Waals surface area contributed by atoms with Crippen LogP contribution in [-0.2, 0) is 4.74 Å². The number of ether oxygens (including phenoxy) is 1. The van der Waals surface area contributed by atoms with Gasteiger partial charge in [-0.1, -0.05) is 13.8 Å². The van der Waals surface area contributed by atoms with Gasteiger partial charge in [-0.25, -0.2) is 0 Å². The van der Waals surface area contributed by atoms with Gasteiger partial charge < -0.3 is 9.84 Å². The molecule has 0 amide bonds. The number of rotatable bonds is 4. The van der Waals surface area contributed by atoms with Gasteiger partial charge in [-0.15, -0.1) is 0 Å². The van der Waals surface area contributed by atoms with Crippen molar-refractivity contribution < 1.29 is 9.84 Å². The largest absolute Gasteiger partial charge is 0.396 e. The van der Waals surface area contributed by atoms with Crippen LogP contribution in [0.25, 0.3) is 0 Å². The van der Waals surface area contributed by atoms with Crippen LogP contribution in [0.15, 0.2) is 0 Å². The molecule has 0 aromatic heterocycles. The number of likely N-dealkylation sites (tertiary alicyclic amines) is 1. The van der Waals surface area contributed by atoms with E-state index in [-0.39, 0.29) is 17.6 Å². The van der Waals surface area contributed by atoms with Crippen molar-refractivity contribution in [1.82, 2.24) is 4.90 Å². The quantitative estimate of drug-likeness (QED) is 0.771. The zero-order chi connectivity index (χ0) is 11.5. The van der Waals surface area contributed by atoms with Crippen LogP contribution in [0.3, 0.4) is 0 Å². The van der Waals surface area contributed by atoms with Gasteiger partial charge in [0.2, 0.25) is 0 Å². The Balaban J connectivity index is 2.50. The predicted molar refractivity (Wildman–Crippen MR) is 62.0 cm³/mol. The number of aliphatic hydroxyl groups is 1. The summed E-state index contributed by atoms with van der Waals surface area (Å²) in [5.41, 5.74) is -0.00419. The summed E-state index contributed by atoms with van der Waals surface area (Å²) in [5, 5.41) is 9.25. The summed E-state index contributed by atoms with van der Waals surface area (Å²) in [6, 6.07) is 0. The highest BCUT2D eigenvalue weighted by molar-refractivity contribution is 4.86. The Morgan fingerprint density at radius 2 is 2.13 bits per heavy atom. The van der Waals surface area contributed by atoms with Gasteiger partial charge in [0, 0.05) is 32.2 Å². The minimum absolute atomic E-state index is 0.00376. The van der Waals surface area contributed by atoms with Gasteiger partial charge >= 0.3 is 0 Å². The summed E-state index contributed by atoms with van der Waals surface area (Å²) in [4.78, 5) is 2.41. The number of piperidine rings is 1. The summed E-state index contributed by atoms with van der Waals surface area (Å²) in [6.45, 7) is 9.67. The Morgan fingerprint density at radius 3 is 2.67 bits per heavy atom. The molecular formula is C12H25NO2. The maximum atomic E-state index is 9.25. The second-order valence-electron chi connectivity index (χ2n) is 5.79. The second-order valence-corrected chi connectivity index (χ2v) is 5.79. The van der Waals surface area contributed by atoms with Crippen LogP contribution < -0.4 is 0 Å². The zero-order valence-corrected chi connectivity index (χ0v) is 10.5. The molecule has 1 rings (SSSR count). The van der Waals surface area contributed by atoms with Gasteiger partial charge in [0.1, 0.15) is 0 Å². The highest BCUT2D eigenvalue weighted by Crippen LogP contribution is 2.26. The van der Waals surface area contributed by atoms with Crippen molar-refractivity contribution >= 4 is 0 Å². The molecule has 1 atom stereocenters. The minimum Gasteiger partial charge on any atom is -0.396 e. The number of methoxy groups -OCH3 is 1. The topological polar surface area (TPSA) is 32.7 Å². The first-order valence-electron chi connectivity index (χ1n) is 5.79. The zero-order valence-electron chi connectivity index (χ0n) is 10.5. The van der Waals surface area contributed by atoms with Gasteiger partial charge in [-0.2, -0.15) is 0 Å². The molecule has 1 unspecified atom stereocenters. The molecule has 3 heteroatoms. The molecule has 1 saturated heterocycles. The van der Waals surface area contributed by atoms with Crippen LogP contribution in [-0.4, -0.2) is 49.0 Å².